The van der Waals surface area contributed by atoms with Gasteiger partial charge in [0.05, 0.1) is 49.9 Å². The number of nitrogen functional groups attached to an aromatic ring is 1. The summed E-state index contributed by atoms with van der Waals surface area (Å²) in [7, 11) is -21.1. The molecule has 6 aromatic rings. The van der Waals surface area contributed by atoms with Gasteiger partial charge in [-0.05, 0) is 25.1 Å². The van der Waals surface area contributed by atoms with E-state index in [1.165, 1.54) is 52.6 Å². The first-order valence-electron chi connectivity index (χ1n) is 24.0. The second-order valence-electron chi connectivity index (χ2n) is 18.8. The van der Waals surface area contributed by atoms with Crippen molar-refractivity contribution in [2.45, 2.75) is 106 Å². The van der Waals surface area contributed by atoms with Gasteiger partial charge in [0.2, 0.25) is 5.95 Å². The molecular formula is C40H50N10O27P4. The van der Waals surface area contributed by atoms with Crippen molar-refractivity contribution in [2.24, 2.45) is 0 Å². The fourth-order valence-corrected chi connectivity index (χ4v) is 12.7. The molecule has 4 fully saturated rings. The van der Waals surface area contributed by atoms with Gasteiger partial charge in [-0.3, -0.25) is 64.9 Å². The Labute approximate surface area is 450 Å². The molecule has 81 heavy (non-hydrogen) atoms. The van der Waals surface area contributed by atoms with Gasteiger partial charge in [-0.2, -0.15) is 4.98 Å². The Morgan fingerprint density at radius 1 is 0.679 bits per heavy atom. The average molecular weight is 1230 g/mol. The van der Waals surface area contributed by atoms with Crippen molar-refractivity contribution in [3.63, 3.8) is 0 Å². The number of aromatic amines is 2. The van der Waals surface area contributed by atoms with Crippen LogP contribution in [-0.4, -0.2) is 164 Å². The zero-order valence-electron chi connectivity index (χ0n) is 41.5. The number of nitrogens with zero attached hydrogens (tertiary/aromatic N) is 7. The van der Waals surface area contributed by atoms with Crippen LogP contribution in [0.1, 0.15) is 49.9 Å². The Morgan fingerprint density at radius 3 is 1.86 bits per heavy atom. The third kappa shape index (κ3) is 13.2. The molecule has 5 aromatic heterocycles. The number of aromatic hydroxyl groups is 1. The van der Waals surface area contributed by atoms with Gasteiger partial charge in [0.25, 0.3) is 11.1 Å². The number of anilines is 1. The molecule has 15 atom stereocenters. The van der Waals surface area contributed by atoms with E-state index < -0.39 is 173 Å². The number of phosphoric acid groups is 4. The highest BCUT2D eigenvalue weighted by Gasteiger charge is 2.48. The normalized spacial score (nSPS) is 29.4. The molecule has 0 aliphatic carbocycles. The number of hydrogen-bond acceptors (Lipinski definition) is 26. The molecule has 442 valence electrons. The number of aryl methyl sites for hydroxylation is 1. The summed E-state index contributed by atoms with van der Waals surface area (Å²) in [4.78, 5) is 120. The minimum Gasteiger partial charge on any atom is -0.508 e. The number of hydrogen-bond donors (Lipinski definition) is 11. The molecule has 12 N–H and O–H groups in total. The lowest BCUT2D eigenvalue weighted by Gasteiger charge is -2.25. The molecule has 0 amide bonds. The quantitative estimate of drug-likeness (QED) is 0.0380. The van der Waals surface area contributed by atoms with Crippen LogP contribution in [-0.2, 0) is 68.9 Å². The summed E-state index contributed by atoms with van der Waals surface area (Å²) in [6.07, 6.45) is -15.8. The summed E-state index contributed by atoms with van der Waals surface area (Å²) in [6, 6.07) is 5.49. The summed E-state index contributed by atoms with van der Waals surface area (Å²) >= 11 is 0. The van der Waals surface area contributed by atoms with Gasteiger partial charge in [-0.15, -0.1) is 0 Å². The van der Waals surface area contributed by atoms with Crippen molar-refractivity contribution in [3.05, 3.63) is 90.2 Å². The molecule has 4 aliphatic heterocycles. The highest BCUT2D eigenvalue weighted by molar-refractivity contribution is 7.48. The Morgan fingerprint density at radius 2 is 1.23 bits per heavy atom. The van der Waals surface area contributed by atoms with Gasteiger partial charge in [-0.25, -0.2) is 42.2 Å². The molecule has 4 saturated heterocycles. The second-order valence-corrected chi connectivity index (χ2v) is 24.2. The molecule has 0 bridgehead atoms. The van der Waals surface area contributed by atoms with Crippen LogP contribution in [0.15, 0.2) is 62.2 Å². The number of aliphatic hydroxyl groups is 2. The molecule has 9 heterocycles. The Bertz CT molecular complexity index is 3810. The Kier molecular flexibility index (Phi) is 16.5. The van der Waals surface area contributed by atoms with Crippen molar-refractivity contribution in [2.75, 3.05) is 32.2 Å². The standard InChI is InChI=1S/C40H50N10O27P4/c1-17-11-48(39(56)46-36(17)54)30-7-21(52)25(71-30)12-68-79(61,62)75-22-8-31(47-5-4-29-43-19-6-18(51)2-3-20(19)50(29)40(47)57)72-26(22)14-69-80(63,64)76-23-9-32(49-16-42-34-35(49)44-38(41)45-37(34)55)73-27(23)15-70-81(65,66)77-24-10-33(53)74-28(24)13-67-78(58,59)60/h2-6,11,16,21-28,30-33,51-53H,7-10,12-15H2,1H3,(H,61,62)(H,63,64)(H,65,66)(H,46,54,56)(H2,58,59,60)(H3,41,44,45,55)/t21-,22-,23-,24-,25?,26?,27?,28?,30?,31?,32?,33?/m1/s1. The topological polar surface area (TPSA) is 515 Å². The molecule has 41 heteroatoms. The minimum absolute atomic E-state index is 0.136. The largest absolute Gasteiger partial charge is 0.508 e. The molecule has 0 spiro atoms. The number of imidazole rings is 2. The van der Waals surface area contributed by atoms with E-state index in [1.54, 1.807) is 0 Å². The Balaban J connectivity index is 0.870. The summed E-state index contributed by atoms with van der Waals surface area (Å²) in [5.41, 5.74) is 3.22. The number of aromatic nitrogens is 9. The van der Waals surface area contributed by atoms with Crippen LogP contribution in [0.4, 0.5) is 5.95 Å². The van der Waals surface area contributed by atoms with Gasteiger partial charge >= 0.3 is 42.7 Å². The van der Waals surface area contributed by atoms with E-state index >= 15 is 0 Å². The third-order valence-corrected chi connectivity index (χ3v) is 16.7. The number of H-pyrrole nitrogens is 2. The van der Waals surface area contributed by atoms with E-state index in [4.69, 9.17) is 61.6 Å². The van der Waals surface area contributed by atoms with Gasteiger partial charge in [0, 0.05) is 49.7 Å². The minimum atomic E-state index is -5.46. The number of rotatable bonds is 21. The van der Waals surface area contributed by atoms with Crippen molar-refractivity contribution in [1.82, 2.24) is 43.0 Å². The first-order valence-corrected chi connectivity index (χ1v) is 30.0. The number of phenols is 1. The lowest BCUT2D eigenvalue weighted by Crippen LogP contribution is -2.33. The van der Waals surface area contributed by atoms with Crippen molar-refractivity contribution in [3.8, 4) is 5.75 Å². The number of nitrogens with two attached hydrogens (primary N) is 1. The fourth-order valence-electron chi connectivity index (χ4n) is 9.43. The summed E-state index contributed by atoms with van der Waals surface area (Å²) < 4.78 is 116. The number of aliphatic hydroxyl groups excluding tert-OH is 2. The maximum Gasteiger partial charge on any atom is 0.472 e. The van der Waals surface area contributed by atoms with Gasteiger partial charge in [-0.1, -0.05) is 0 Å². The predicted molar refractivity (Wildman–Crippen MR) is 264 cm³/mol. The highest BCUT2D eigenvalue weighted by Crippen LogP contribution is 2.54. The number of benzene rings is 1. The number of phenolic OH excluding ortho intramolecular Hbond substituents is 1. The van der Waals surface area contributed by atoms with Crippen LogP contribution in [0.2, 0.25) is 0 Å². The molecule has 37 nitrogen and oxygen atoms in total. The van der Waals surface area contributed by atoms with Crippen LogP contribution >= 0.6 is 31.3 Å². The maximum atomic E-state index is 14.1. The van der Waals surface area contributed by atoms with Crippen LogP contribution < -0.4 is 28.2 Å². The number of ether oxygens (including phenoxy) is 4. The second kappa shape index (κ2) is 22.7. The van der Waals surface area contributed by atoms with Gasteiger partial charge < -0.3 is 64.5 Å². The van der Waals surface area contributed by atoms with E-state index in [0.717, 1.165) is 15.5 Å². The van der Waals surface area contributed by atoms with Gasteiger partial charge in [0.1, 0.15) is 72.8 Å². The number of phosphoric ester groups is 4. The van der Waals surface area contributed by atoms with Crippen LogP contribution in [0.3, 0.4) is 0 Å². The van der Waals surface area contributed by atoms with Crippen LogP contribution in [0.25, 0.3) is 27.8 Å². The zero-order valence-corrected chi connectivity index (χ0v) is 45.0. The molecule has 1 aromatic carbocycles. The van der Waals surface area contributed by atoms with E-state index in [0.29, 0.717) is 0 Å². The lowest BCUT2D eigenvalue weighted by molar-refractivity contribution is -0.106. The van der Waals surface area contributed by atoms with E-state index in [1.807, 2.05) is 0 Å². The average Bonchev–Trinajstić information content (AvgIpc) is 4.44. The van der Waals surface area contributed by atoms with Gasteiger partial charge in [0.15, 0.2) is 17.5 Å². The number of fused-ring (bicyclic) bond motifs is 4. The summed E-state index contributed by atoms with van der Waals surface area (Å²) in [6.45, 7) is -2.29. The monoisotopic (exact) mass is 1230 g/mol. The fraction of sp³-hybridized carbons (Fsp3) is 0.525. The zero-order chi connectivity index (χ0) is 58.1. The molecule has 10 rings (SSSR count). The first-order chi connectivity index (χ1) is 38.1. The molecule has 11 unspecified atom stereocenters. The summed E-state index contributed by atoms with van der Waals surface area (Å²) in [5, 5.41) is 30.8. The first kappa shape index (κ1) is 58.9. The van der Waals surface area contributed by atoms with Crippen molar-refractivity contribution in [1.29, 1.82) is 0 Å². The lowest BCUT2D eigenvalue weighted by atomic mass is 10.2. The highest BCUT2D eigenvalue weighted by atomic mass is 31.2. The van der Waals surface area contributed by atoms with Crippen molar-refractivity contribution >= 4 is 65.1 Å². The molecule has 0 radical (unpaired) electrons. The smallest absolute Gasteiger partial charge is 0.472 e. The molecular weight excluding hydrogens is 1180 g/mol. The van der Waals surface area contributed by atoms with E-state index in [2.05, 4.69) is 29.4 Å². The molecule has 0 saturated carbocycles. The predicted octanol–water partition coefficient (Wildman–Crippen LogP) is -1.12. The van der Waals surface area contributed by atoms with Crippen molar-refractivity contribution < 1.29 is 109 Å². The van der Waals surface area contributed by atoms with E-state index in [-0.39, 0.29) is 51.5 Å². The third-order valence-electron chi connectivity index (χ3n) is 13.2. The van der Waals surface area contributed by atoms with Crippen LogP contribution in [0.5, 0.6) is 5.75 Å². The summed E-state index contributed by atoms with van der Waals surface area (Å²) in [5.74, 6) is -0.474. The molecule has 4 aliphatic rings. The SMILES string of the molecule is Cc1cn(C2C[C@@H](O)C(COP(=O)(O)O[C@@H]3CC(n4ccc5nc6cc(O)ccc6n5c4=O)OC3COP(=O)(O)O[C@@H]3CC(n4cnc5c(=O)[nH]c(N)nc54)OC3COP(=O)(O)O[C@@H]3CC(O)OC3COP(=O)(O)O)O2)c(=O)[nH]c1=O. The van der Waals surface area contributed by atoms with E-state index in [9.17, 15) is 67.4 Å². The number of nitrogens with one attached hydrogen (secondary N) is 2. The Hall–Kier alpha value is -5.27. The van der Waals surface area contributed by atoms with Crippen LogP contribution in [0, 0.1) is 6.92 Å². The maximum absolute atomic E-state index is 14.1.